The average molecular weight is 635 g/mol. The van der Waals surface area contributed by atoms with Gasteiger partial charge >= 0.3 is 0 Å². The number of amides is 2. The van der Waals surface area contributed by atoms with Gasteiger partial charge in [-0.05, 0) is 42.7 Å². The molecule has 42 heavy (non-hydrogen) atoms. The van der Waals surface area contributed by atoms with Crippen LogP contribution in [0, 0.1) is 5.82 Å². The number of carbonyl (C=O) groups is 2. The third kappa shape index (κ3) is 8.24. The number of hydrogen-bond acceptors (Lipinski definition) is 4. The van der Waals surface area contributed by atoms with Crippen molar-refractivity contribution in [1.29, 1.82) is 0 Å². The molecule has 0 aliphatic heterocycles. The molecule has 1 aliphatic rings. The van der Waals surface area contributed by atoms with E-state index in [0.29, 0.717) is 19.9 Å². The van der Waals surface area contributed by atoms with Crippen molar-refractivity contribution in [2.75, 3.05) is 17.1 Å². The van der Waals surface area contributed by atoms with Crippen molar-refractivity contribution < 1.29 is 22.4 Å². The zero-order chi connectivity index (χ0) is 30.3. The fourth-order valence-electron chi connectivity index (χ4n) is 5.20. The van der Waals surface area contributed by atoms with Crippen molar-refractivity contribution in [2.24, 2.45) is 0 Å². The second-order valence-corrected chi connectivity index (χ2v) is 13.2. The number of nitrogens with one attached hydrogen (secondary N) is 1. The lowest BCUT2D eigenvalue weighted by atomic mass is 9.94. The highest BCUT2D eigenvalue weighted by atomic mass is 35.5. The molecular weight excluding hydrogens is 600 g/mol. The first-order valence-electron chi connectivity index (χ1n) is 13.8. The summed E-state index contributed by atoms with van der Waals surface area (Å²) in [5.41, 5.74) is 0.947. The molecule has 3 aromatic carbocycles. The van der Waals surface area contributed by atoms with E-state index in [4.69, 9.17) is 23.2 Å². The van der Waals surface area contributed by atoms with E-state index in [0.717, 1.165) is 50.0 Å². The highest BCUT2D eigenvalue weighted by Gasteiger charge is 2.35. The van der Waals surface area contributed by atoms with Gasteiger partial charge in [0.15, 0.2) is 0 Å². The van der Waals surface area contributed by atoms with Crippen LogP contribution in [0.1, 0.15) is 43.2 Å². The van der Waals surface area contributed by atoms with Crippen LogP contribution in [0.3, 0.4) is 0 Å². The molecule has 1 atom stereocenters. The van der Waals surface area contributed by atoms with Crippen LogP contribution < -0.4 is 9.62 Å². The molecule has 0 radical (unpaired) electrons. The molecule has 0 aromatic heterocycles. The third-order valence-electron chi connectivity index (χ3n) is 7.41. The molecule has 1 saturated carbocycles. The van der Waals surface area contributed by atoms with Gasteiger partial charge in [0.05, 0.1) is 11.9 Å². The fraction of sp³-hybridized carbons (Fsp3) is 0.355. The summed E-state index contributed by atoms with van der Waals surface area (Å²) in [5.74, 6) is -1.87. The molecule has 0 bridgehead atoms. The Morgan fingerprint density at radius 3 is 2.17 bits per heavy atom. The van der Waals surface area contributed by atoms with Crippen molar-refractivity contribution >= 4 is 50.7 Å². The SMILES string of the molecule is CS(=O)(=O)N(CC(=O)N(Cc1c(Cl)cccc1Cl)[C@@H](Cc1ccccc1)C(=O)NC1CCCCC1)c1ccccc1F. The second-order valence-electron chi connectivity index (χ2n) is 10.5. The fourth-order valence-corrected chi connectivity index (χ4v) is 6.57. The van der Waals surface area contributed by atoms with E-state index < -0.39 is 34.3 Å². The molecule has 0 spiro atoms. The molecule has 3 aromatic rings. The Morgan fingerprint density at radius 1 is 0.929 bits per heavy atom. The van der Waals surface area contributed by atoms with Crippen LogP contribution in [0.2, 0.25) is 10.0 Å². The molecule has 2 amide bonds. The largest absolute Gasteiger partial charge is 0.352 e. The lowest BCUT2D eigenvalue weighted by Crippen LogP contribution is -2.55. The summed E-state index contributed by atoms with van der Waals surface area (Å²) >= 11 is 13.0. The third-order valence-corrected chi connectivity index (χ3v) is 9.25. The van der Waals surface area contributed by atoms with E-state index >= 15 is 0 Å². The Morgan fingerprint density at radius 2 is 1.55 bits per heavy atom. The van der Waals surface area contributed by atoms with Crippen LogP contribution in [0.15, 0.2) is 72.8 Å². The van der Waals surface area contributed by atoms with Crippen LogP contribution in [0.4, 0.5) is 10.1 Å². The van der Waals surface area contributed by atoms with Crippen molar-refractivity contribution in [3.8, 4) is 0 Å². The van der Waals surface area contributed by atoms with Crippen molar-refractivity contribution in [3.05, 3.63) is 99.8 Å². The van der Waals surface area contributed by atoms with E-state index in [1.54, 1.807) is 18.2 Å². The number of benzene rings is 3. The maximum atomic E-state index is 14.8. The van der Waals surface area contributed by atoms with E-state index in [-0.39, 0.29) is 30.6 Å². The summed E-state index contributed by atoms with van der Waals surface area (Å²) in [6, 6.07) is 18.4. The molecule has 1 fully saturated rings. The monoisotopic (exact) mass is 633 g/mol. The Hall–Kier alpha value is -3.14. The lowest BCUT2D eigenvalue weighted by Gasteiger charge is -2.35. The quantitative estimate of drug-likeness (QED) is 0.281. The molecule has 1 aliphatic carbocycles. The summed E-state index contributed by atoms with van der Waals surface area (Å²) in [5, 5.41) is 3.71. The molecular formula is C31H34Cl2FN3O4S. The first-order valence-corrected chi connectivity index (χ1v) is 16.4. The van der Waals surface area contributed by atoms with E-state index in [2.05, 4.69) is 5.32 Å². The molecule has 4 rings (SSSR count). The number of hydrogen-bond donors (Lipinski definition) is 1. The number of para-hydroxylation sites is 1. The predicted octanol–water partition coefficient (Wildman–Crippen LogP) is 5.99. The Bertz CT molecular complexity index is 1480. The lowest BCUT2D eigenvalue weighted by molar-refractivity contribution is -0.140. The topological polar surface area (TPSA) is 86.8 Å². The van der Waals surface area contributed by atoms with Gasteiger partial charge in [-0.1, -0.05) is 91.0 Å². The normalized spacial score (nSPS) is 14.7. The van der Waals surface area contributed by atoms with Crippen LogP contribution in [-0.2, 0) is 32.6 Å². The van der Waals surface area contributed by atoms with Gasteiger partial charge in [0, 0.05) is 34.6 Å². The number of sulfonamides is 1. The van der Waals surface area contributed by atoms with Gasteiger partial charge in [-0.15, -0.1) is 0 Å². The maximum absolute atomic E-state index is 14.8. The van der Waals surface area contributed by atoms with Gasteiger partial charge in [0.1, 0.15) is 18.4 Å². The Balaban J connectivity index is 1.76. The maximum Gasteiger partial charge on any atom is 0.244 e. The van der Waals surface area contributed by atoms with E-state index in [1.165, 1.54) is 23.1 Å². The number of rotatable bonds is 11. The minimum Gasteiger partial charge on any atom is -0.352 e. The average Bonchev–Trinajstić information content (AvgIpc) is 2.96. The van der Waals surface area contributed by atoms with Gasteiger partial charge in [-0.2, -0.15) is 0 Å². The van der Waals surface area contributed by atoms with E-state index in [1.807, 2.05) is 30.3 Å². The molecule has 1 N–H and O–H groups in total. The minimum absolute atomic E-state index is 0.0312. The molecule has 0 saturated heterocycles. The minimum atomic E-state index is -4.09. The van der Waals surface area contributed by atoms with Crippen molar-refractivity contribution in [1.82, 2.24) is 10.2 Å². The van der Waals surface area contributed by atoms with Crippen molar-refractivity contribution in [2.45, 2.75) is 57.2 Å². The molecule has 0 unspecified atom stereocenters. The first kappa shape index (κ1) is 31.8. The van der Waals surface area contributed by atoms with Crippen LogP contribution in [0.5, 0.6) is 0 Å². The zero-order valence-electron chi connectivity index (χ0n) is 23.3. The van der Waals surface area contributed by atoms with Crippen molar-refractivity contribution in [3.63, 3.8) is 0 Å². The van der Waals surface area contributed by atoms with E-state index in [9.17, 15) is 22.4 Å². The Labute approximate surface area is 256 Å². The van der Waals surface area contributed by atoms with Gasteiger partial charge in [0.2, 0.25) is 21.8 Å². The van der Waals surface area contributed by atoms with Crippen LogP contribution in [0.25, 0.3) is 0 Å². The number of halogens is 3. The number of anilines is 1. The summed E-state index contributed by atoms with van der Waals surface area (Å²) < 4.78 is 41.2. The summed E-state index contributed by atoms with van der Waals surface area (Å²) in [6.45, 7) is -0.897. The summed E-state index contributed by atoms with van der Waals surface area (Å²) in [4.78, 5) is 29.4. The summed E-state index contributed by atoms with van der Waals surface area (Å²) in [7, 11) is -4.09. The first-order chi connectivity index (χ1) is 20.0. The highest BCUT2D eigenvalue weighted by Crippen LogP contribution is 2.29. The van der Waals surface area contributed by atoms with Crippen LogP contribution in [-0.4, -0.2) is 50.0 Å². The summed E-state index contributed by atoms with van der Waals surface area (Å²) in [6.07, 6.45) is 5.83. The number of nitrogens with zero attached hydrogens (tertiary/aromatic N) is 2. The molecule has 224 valence electrons. The highest BCUT2D eigenvalue weighted by molar-refractivity contribution is 7.92. The molecule has 11 heteroatoms. The molecule has 7 nitrogen and oxygen atoms in total. The predicted molar refractivity (Wildman–Crippen MR) is 165 cm³/mol. The Kier molecular flexibility index (Phi) is 10.9. The molecule has 0 heterocycles. The second kappa shape index (κ2) is 14.4. The van der Waals surface area contributed by atoms with Gasteiger partial charge < -0.3 is 10.2 Å². The van der Waals surface area contributed by atoms with Crippen LogP contribution >= 0.6 is 23.2 Å². The standard InChI is InChI=1S/C31H34Cl2FN3O4S/c1-42(40,41)37(28-18-9-8-17-27(28)34)21-30(38)36(20-24-25(32)15-10-16-26(24)33)29(19-22-11-4-2-5-12-22)31(39)35-23-13-6-3-7-14-23/h2,4-5,8-12,15-18,23,29H,3,6-7,13-14,19-21H2,1H3,(H,35,39)/t29-/m0/s1. The zero-order valence-corrected chi connectivity index (χ0v) is 25.6. The van der Waals surface area contributed by atoms with Gasteiger partial charge in [0.25, 0.3) is 0 Å². The smallest absolute Gasteiger partial charge is 0.244 e. The number of carbonyl (C=O) groups excluding carboxylic acids is 2. The van der Waals surface area contributed by atoms with Gasteiger partial charge in [-0.25, -0.2) is 12.8 Å². The van der Waals surface area contributed by atoms with Gasteiger partial charge in [-0.3, -0.25) is 13.9 Å².